The molecule has 0 heterocycles. The minimum Gasteiger partial charge on any atom is -0.356 e. The van der Waals surface area contributed by atoms with Gasteiger partial charge in [-0.05, 0) is 43.7 Å². The van der Waals surface area contributed by atoms with Crippen LogP contribution in [0.2, 0.25) is 0 Å². The molecule has 0 unspecified atom stereocenters. The first-order valence-corrected chi connectivity index (χ1v) is 8.01. The van der Waals surface area contributed by atoms with Gasteiger partial charge in [0.1, 0.15) is 0 Å². The summed E-state index contributed by atoms with van der Waals surface area (Å²) in [6.45, 7) is 3.75. The highest BCUT2D eigenvalue weighted by Gasteiger charge is 1.99. The van der Waals surface area contributed by atoms with Gasteiger partial charge in [-0.3, -0.25) is 4.79 Å². The van der Waals surface area contributed by atoms with E-state index in [9.17, 15) is 4.79 Å². The van der Waals surface area contributed by atoms with Gasteiger partial charge in [0.2, 0.25) is 5.91 Å². The van der Waals surface area contributed by atoms with Gasteiger partial charge in [0.25, 0.3) is 0 Å². The lowest BCUT2D eigenvalue weighted by atomic mass is 10.2. The predicted octanol–water partition coefficient (Wildman–Crippen LogP) is 2.55. The molecule has 0 spiro atoms. The normalized spacial score (nSPS) is 10.5. The molecule has 0 aliphatic heterocycles. The monoisotopic (exact) mass is 260 g/mol. The lowest BCUT2D eigenvalue weighted by molar-refractivity contribution is -0.121. The van der Waals surface area contributed by atoms with E-state index in [1.54, 1.807) is 0 Å². The van der Waals surface area contributed by atoms with E-state index in [4.69, 9.17) is 5.73 Å². The van der Waals surface area contributed by atoms with Crippen LogP contribution in [0.15, 0.2) is 0 Å². The average molecular weight is 260 g/mol. The lowest BCUT2D eigenvalue weighted by Gasteiger charge is -2.04. The van der Waals surface area contributed by atoms with Crippen molar-refractivity contribution >= 4 is 17.7 Å². The first-order chi connectivity index (χ1) is 8.31. The van der Waals surface area contributed by atoms with Gasteiger partial charge in [0.05, 0.1) is 0 Å². The molecule has 0 saturated carbocycles. The van der Waals surface area contributed by atoms with Crippen molar-refractivity contribution in [3.05, 3.63) is 0 Å². The van der Waals surface area contributed by atoms with Gasteiger partial charge in [-0.2, -0.15) is 11.8 Å². The summed E-state index contributed by atoms with van der Waals surface area (Å²) in [6, 6.07) is 0. The van der Waals surface area contributed by atoms with Crippen molar-refractivity contribution in [1.82, 2.24) is 5.32 Å². The number of nitrogens with one attached hydrogen (secondary N) is 1. The molecule has 0 atom stereocenters. The second kappa shape index (κ2) is 13.8. The molecular weight excluding hydrogens is 232 g/mol. The Hall–Kier alpha value is -0.220. The van der Waals surface area contributed by atoms with Crippen molar-refractivity contribution in [3.63, 3.8) is 0 Å². The Kier molecular flexibility index (Phi) is 13.7. The molecule has 0 aromatic rings. The maximum atomic E-state index is 11.4. The largest absolute Gasteiger partial charge is 0.356 e. The summed E-state index contributed by atoms with van der Waals surface area (Å²) < 4.78 is 0. The fourth-order valence-corrected chi connectivity index (χ4v) is 2.27. The molecule has 0 radical (unpaired) electrons. The zero-order valence-electron chi connectivity index (χ0n) is 11.2. The maximum Gasteiger partial charge on any atom is 0.219 e. The quantitative estimate of drug-likeness (QED) is 0.530. The molecule has 0 rings (SSSR count). The highest BCUT2D eigenvalue weighted by Crippen LogP contribution is 2.06. The molecule has 4 heteroatoms. The second-order valence-electron chi connectivity index (χ2n) is 4.21. The van der Waals surface area contributed by atoms with Gasteiger partial charge in [0.15, 0.2) is 0 Å². The summed E-state index contributed by atoms with van der Waals surface area (Å²) in [5.41, 5.74) is 5.40. The number of carbonyl (C=O) groups is 1. The summed E-state index contributed by atoms with van der Waals surface area (Å²) in [5, 5.41) is 2.96. The fraction of sp³-hybridized carbons (Fsp3) is 0.923. The lowest BCUT2D eigenvalue weighted by Crippen LogP contribution is -2.24. The van der Waals surface area contributed by atoms with Crippen molar-refractivity contribution < 1.29 is 4.79 Å². The Morgan fingerprint density at radius 1 is 1.12 bits per heavy atom. The van der Waals surface area contributed by atoms with E-state index in [-0.39, 0.29) is 5.91 Å². The van der Waals surface area contributed by atoms with Crippen LogP contribution in [0.1, 0.15) is 51.9 Å². The number of rotatable bonds is 12. The van der Waals surface area contributed by atoms with Crippen molar-refractivity contribution in [2.75, 3.05) is 24.6 Å². The molecule has 0 aliphatic carbocycles. The van der Waals surface area contributed by atoms with Crippen LogP contribution < -0.4 is 11.1 Å². The van der Waals surface area contributed by atoms with Crippen molar-refractivity contribution in [2.24, 2.45) is 5.73 Å². The number of hydrogen-bond acceptors (Lipinski definition) is 3. The predicted molar refractivity (Wildman–Crippen MR) is 77.4 cm³/mol. The molecule has 3 N–H and O–H groups in total. The minimum atomic E-state index is 0.209. The van der Waals surface area contributed by atoms with Crippen LogP contribution in [-0.4, -0.2) is 30.5 Å². The number of unbranched alkanes of at least 4 members (excludes halogenated alkanes) is 4. The van der Waals surface area contributed by atoms with E-state index < -0.39 is 0 Å². The molecule has 17 heavy (non-hydrogen) atoms. The van der Waals surface area contributed by atoms with Crippen molar-refractivity contribution in [1.29, 1.82) is 0 Å². The number of nitrogens with two attached hydrogens (primary N) is 1. The van der Waals surface area contributed by atoms with Crippen molar-refractivity contribution in [3.8, 4) is 0 Å². The van der Waals surface area contributed by atoms with Gasteiger partial charge >= 0.3 is 0 Å². The van der Waals surface area contributed by atoms with E-state index in [1.807, 2.05) is 11.8 Å². The van der Waals surface area contributed by atoms with Crippen LogP contribution in [0.4, 0.5) is 0 Å². The van der Waals surface area contributed by atoms with Crippen LogP contribution in [0.3, 0.4) is 0 Å². The van der Waals surface area contributed by atoms with Gasteiger partial charge < -0.3 is 11.1 Å². The molecule has 102 valence electrons. The van der Waals surface area contributed by atoms with E-state index in [1.165, 1.54) is 24.3 Å². The topological polar surface area (TPSA) is 55.1 Å². The van der Waals surface area contributed by atoms with Gasteiger partial charge in [-0.15, -0.1) is 0 Å². The molecule has 0 fully saturated rings. The van der Waals surface area contributed by atoms with Gasteiger partial charge in [0, 0.05) is 13.0 Å². The molecule has 0 aromatic heterocycles. The van der Waals surface area contributed by atoms with Gasteiger partial charge in [-0.25, -0.2) is 0 Å². The van der Waals surface area contributed by atoms with E-state index in [0.717, 1.165) is 38.8 Å². The highest BCUT2D eigenvalue weighted by atomic mass is 32.2. The Bertz CT molecular complexity index is 177. The molecule has 1 amide bonds. The summed E-state index contributed by atoms with van der Waals surface area (Å²) in [4.78, 5) is 11.4. The number of hydrogen-bond donors (Lipinski definition) is 2. The standard InChI is InChI=1S/C13H28N2OS/c1-2-17-12-8-3-5-9-13(16)15-11-7-4-6-10-14/h2-12,14H2,1H3,(H,15,16). The minimum absolute atomic E-state index is 0.209. The third-order valence-corrected chi connectivity index (χ3v) is 3.59. The SMILES string of the molecule is CCSCCCCCC(=O)NCCCCCN. The third kappa shape index (κ3) is 13.7. The average Bonchev–Trinajstić information content (AvgIpc) is 2.33. The third-order valence-electron chi connectivity index (χ3n) is 2.60. The summed E-state index contributed by atoms with van der Waals surface area (Å²) in [7, 11) is 0. The summed E-state index contributed by atoms with van der Waals surface area (Å²) >= 11 is 1.98. The molecule has 0 aliphatic rings. The number of carbonyl (C=O) groups excluding carboxylic acids is 1. The summed E-state index contributed by atoms with van der Waals surface area (Å²) in [5.74, 6) is 2.64. The summed E-state index contributed by atoms with van der Waals surface area (Å²) in [6.07, 6.45) is 7.36. The first kappa shape index (κ1) is 16.8. The molecule has 0 bridgehead atoms. The second-order valence-corrected chi connectivity index (χ2v) is 5.60. The van der Waals surface area contributed by atoms with Crippen LogP contribution in [0, 0.1) is 0 Å². The zero-order chi connectivity index (χ0) is 12.8. The fourth-order valence-electron chi connectivity index (χ4n) is 1.57. The Morgan fingerprint density at radius 2 is 1.88 bits per heavy atom. The number of amides is 1. The molecule has 3 nitrogen and oxygen atoms in total. The molecule has 0 aromatic carbocycles. The molecular formula is C13H28N2OS. The van der Waals surface area contributed by atoms with Crippen LogP contribution in [0.25, 0.3) is 0 Å². The van der Waals surface area contributed by atoms with Crippen LogP contribution in [-0.2, 0) is 4.79 Å². The van der Waals surface area contributed by atoms with Crippen molar-refractivity contribution in [2.45, 2.75) is 51.9 Å². The van der Waals surface area contributed by atoms with E-state index in [0.29, 0.717) is 6.42 Å². The van der Waals surface area contributed by atoms with Crippen LogP contribution in [0.5, 0.6) is 0 Å². The number of thioether (sulfide) groups is 1. The zero-order valence-corrected chi connectivity index (χ0v) is 12.0. The van der Waals surface area contributed by atoms with Crippen LogP contribution >= 0.6 is 11.8 Å². The van der Waals surface area contributed by atoms with E-state index >= 15 is 0 Å². The highest BCUT2D eigenvalue weighted by molar-refractivity contribution is 7.99. The Labute approximate surface area is 110 Å². The maximum absolute atomic E-state index is 11.4. The Balaban J connectivity index is 3.12. The van der Waals surface area contributed by atoms with E-state index in [2.05, 4.69) is 12.2 Å². The first-order valence-electron chi connectivity index (χ1n) is 6.85. The Morgan fingerprint density at radius 3 is 2.59 bits per heavy atom. The van der Waals surface area contributed by atoms with Gasteiger partial charge in [-0.1, -0.05) is 19.8 Å². The smallest absolute Gasteiger partial charge is 0.219 e. The molecule has 0 saturated heterocycles.